The zero-order valence-corrected chi connectivity index (χ0v) is 24.4. The average Bonchev–Trinajstić information content (AvgIpc) is 3.30. The minimum atomic E-state index is -0.814. The van der Waals surface area contributed by atoms with Gasteiger partial charge in [-0.2, -0.15) is 0 Å². The summed E-state index contributed by atoms with van der Waals surface area (Å²) in [6.45, 7) is 3.94. The second kappa shape index (κ2) is 11.0. The molecule has 11 heteroatoms. The number of fused-ring (bicyclic) bond motifs is 1. The van der Waals surface area contributed by atoms with Crippen LogP contribution in [0.3, 0.4) is 0 Å². The maximum Gasteiger partial charge on any atom is 0.338 e. The van der Waals surface area contributed by atoms with E-state index in [-0.39, 0.29) is 12.2 Å². The van der Waals surface area contributed by atoms with Crippen LogP contribution < -0.4 is 19.6 Å². The van der Waals surface area contributed by atoms with Crippen LogP contribution in [0, 0.1) is 3.77 Å². The van der Waals surface area contributed by atoms with E-state index in [9.17, 15) is 9.59 Å². The van der Waals surface area contributed by atoms with Gasteiger partial charge in [-0.1, -0.05) is 36.3 Å². The number of ether oxygens (including phenoxy) is 2. The first-order chi connectivity index (χ1) is 16.8. The van der Waals surface area contributed by atoms with Crippen LogP contribution in [0.2, 0.25) is 5.02 Å². The monoisotopic (exact) mass is 690 g/mol. The van der Waals surface area contributed by atoms with Crippen molar-refractivity contribution in [2.45, 2.75) is 32.7 Å². The van der Waals surface area contributed by atoms with Gasteiger partial charge in [0, 0.05) is 39.3 Å². The molecule has 1 aliphatic rings. The number of aromatic nitrogens is 1. The topological polar surface area (TPSA) is 83.0 Å². The largest absolute Gasteiger partial charge is 0.496 e. The number of rotatable bonds is 7. The number of nitrogens with zero attached hydrogens (tertiary/aromatic N) is 2. The quantitative estimate of drug-likeness (QED) is 0.252. The molecule has 0 spiro atoms. The lowest BCUT2D eigenvalue weighted by atomic mass is 9.93. The first kappa shape index (κ1) is 26.2. The van der Waals surface area contributed by atoms with Gasteiger partial charge in [-0.25, -0.2) is 9.79 Å². The van der Waals surface area contributed by atoms with Gasteiger partial charge in [0.1, 0.15) is 17.6 Å². The van der Waals surface area contributed by atoms with E-state index in [0.717, 1.165) is 10.9 Å². The molecule has 0 amide bonds. The standard InChI is InChI=1S/C24H21BrClIN2O5S/c1-4-6-16-19(23(31)33-5-2)20(14-9-12(26)7-8-17(14)32-3)29-22(30)18(35-24(29)28-16)11-13-10-15(25)21(27)34-13/h7-11,20H,4-6H2,1-3H3/b18-11+/t20-/m1/s1. The highest BCUT2D eigenvalue weighted by atomic mass is 127. The van der Waals surface area contributed by atoms with E-state index in [1.165, 1.54) is 23.0 Å². The first-order valence-electron chi connectivity index (χ1n) is 10.8. The minimum absolute atomic E-state index is 0.192. The predicted octanol–water partition coefficient (Wildman–Crippen LogP) is 5.20. The van der Waals surface area contributed by atoms with Gasteiger partial charge in [-0.15, -0.1) is 0 Å². The smallest absolute Gasteiger partial charge is 0.338 e. The Labute approximate surface area is 232 Å². The molecule has 3 aromatic rings. The highest BCUT2D eigenvalue weighted by Crippen LogP contribution is 2.38. The lowest BCUT2D eigenvalue weighted by Gasteiger charge is -2.27. The molecule has 3 heterocycles. The third-order valence-electron chi connectivity index (χ3n) is 5.32. The highest BCUT2D eigenvalue weighted by Gasteiger charge is 2.36. The van der Waals surface area contributed by atoms with Crippen LogP contribution in [0.4, 0.5) is 0 Å². The number of allylic oxidation sites excluding steroid dienone is 1. The number of carbonyl (C=O) groups excluding carboxylic acids is 1. The van der Waals surface area contributed by atoms with Crippen LogP contribution >= 0.6 is 61.5 Å². The van der Waals surface area contributed by atoms with Crippen LogP contribution in [-0.4, -0.2) is 24.3 Å². The van der Waals surface area contributed by atoms with Gasteiger partial charge in [-0.3, -0.25) is 9.36 Å². The van der Waals surface area contributed by atoms with Gasteiger partial charge in [0.2, 0.25) is 0 Å². The number of halogens is 3. The summed E-state index contributed by atoms with van der Waals surface area (Å²) in [7, 11) is 1.54. The normalized spacial score (nSPS) is 15.7. The Kier molecular flexibility index (Phi) is 8.24. The Balaban J connectivity index is 2.05. The summed E-state index contributed by atoms with van der Waals surface area (Å²) in [6, 6.07) is 6.11. The van der Waals surface area contributed by atoms with Crippen molar-refractivity contribution in [3.63, 3.8) is 0 Å². The highest BCUT2D eigenvalue weighted by molar-refractivity contribution is 14.1. The zero-order valence-electron chi connectivity index (χ0n) is 19.1. The van der Waals surface area contributed by atoms with Gasteiger partial charge in [0.05, 0.1) is 34.0 Å². The van der Waals surface area contributed by atoms with E-state index in [4.69, 9.17) is 30.5 Å². The van der Waals surface area contributed by atoms with Crippen molar-refractivity contribution in [3.05, 3.63) is 79.8 Å². The van der Waals surface area contributed by atoms with Gasteiger partial charge in [-0.05, 0) is 53.5 Å². The van der Waals surface area contributed by atoms with E-state index in [0.29, 0.717) is 52.9 Å². The van der Waals surface area contributed by atoms with Crippen molar-refractivity contribution in [2.24, 2.45) is 4.99 Å². The Morgan fingerprint density at radius 1 is 1.37 bits per heavy atom. The molecule has 0 radical (unpaired) electrons. The SMILES string of the molecule is CCCC1=C(C(=O)OCC)[C@@H](c2cc(Cl)ccc2OC)n2c(s/c(=C/c3cc(Br)c(I)o3)c2=O)=N1. The molecule has 7 nitrogen and oxygen atoms in total. The molecule has 184 valence electrons. The second-order valence-electron chi connectivity index (χ2n) is 7.57. The molecule has 1 aliphatic heterocycles. The number of carbonyl (C=O) groups is 1. The number of furan rings is 1. The van der Waals surface area contributed by atoms with Crippen molar-refractivity contribution in [2.75, 3.05) is 13.7 Å². The van der Waals surface area contributed by atoms with Gasteiger partial charge >= 0.3 is 5.97 Å². The Hall–Kier alpha value is -1.89. The lowest BCUT2D eigenvalue weighted by Crippen LogP contribution is -2.40. The van der Waals surface area contributed by atoms with Crippen molar-refractivity contribution < 1.29 is 18.7 Å². The molecule has 2 aromatic heterocycles. The van der Waals surface area contributed by atoms with Gasteiger partial charge < -0.3 is 13.9 Å². The number of thiazole rings is 1. The predicted molar refractivity (Wildman–Crippen MR) is 147 cm³/mol. The molecule has 1 atom stereocenters. The van der Waals surface area contributed by atoms with E-state index in [1.807, 2.05) is 6.92 Å². The van der Waals surface area contributed by atoms with Gasteiger partial charge in [0.25, 0.3) is 5.56 Å². The minimum Gasteiger partial charge on any atom is -0.496 e. The lowest BCUT2D eigenvalue weighted by molar-refractivity contribution is -0.139. The van der Waals surface area contributed by atoms with Gasteiger partial charge in [0.15, 0.2) is 8.57 Å². The molecule has 0 saturated carbocycles. The van der Waals surface area contributed by atoms with E-state index < -0.39 is 12.0 Å². The van der Waals surface area contributed by atoms with Crippen LogP contribution in [0.5, 0.6) is 5.75 Å². The first-order valence-corrected chi connectivity index (χ1v) is 13.9. The Morgan fingerprint density at radius 2 is 2.14 bits per heavy atom. The maximum atomic E-state index is 13.7. The molecule has 0 fully saturated rings. The van der Waals surface area contributed by atoms with Crippen LogP contribution in [0.1, 0.15) is 44.1 Å². The maximum absolute atomic E-state index is 13.7. The summed E-state index contributed by atoms with van der Waals surface area (Å²) in [5.74, 6) is 0.505. The number of esters is 1. The van der Waals surface area contributed by atoms with Crippen LogP contribution in [0.25, 0.3) is 6.08 Å². The Morgan fingerprint density at radius 3 is 2.77 bits per heavy atom. The Bertz CT molecular complexity index is 1490. The van der Waals surface area contributed by atoms with Crippen molar-refractivity contribution in [1.29, 1.82) is 0 Å². The van der Waals surface area contributed by atoms with E-state index in [1.54, 1.807) is 37.3 Å². The van der Waals surface area contributed by atoms with Crippen molar-refractivity contribution in [3.8, 4) is 5.75 Å². The number of hydrogen-bond donors (Lipinski definition) is 0. The van der Waals surface area contributed by atoms with Crippen molar-refractivity contribution in [1.82, 2.24) is 4.57 Å². The van der Waals surface area contributed by atoms with E-state index >= 15 is 0 Å². The molecular weight excluding hydrogens is 671 g/mol. The molecule has 4 rings (SSSR count). The molecule has 0 N–H and O–H groups in total. The zero-order chi connectivity index (χ0) is 25.3. The third kappa shape index (κ3) is 5.16. The fourth-order valence-electron chi connectivity index (χ4n) is 3.90. The molecule has 0 saturated heterocycles. The molecular formula is C24H21BrClIN2O5S. The second-order valence-corrected chi connectivity index (χ2v) is 10.8. The molecule has 0 unspecified atom stereocenters. The number of hydrogen-bond acceptors (Lipinski definition) is 7. The number of methoxy groups -OCH3 is 1. The summed E-state index contributed by atoms with van der Waals surface area (Å²) in [4.78, 5) is 32.2. The molecule has 0 bridgehead atoms. The summed E-state index contributed by atoms with van der Waals surface area (Å²) in [5, 5.41) is 0.454. The van der Waals surface area contributed by atoms with E-state index in [2.05, 4.69) is 38.5 Å². The fourth-order valence-corrected chi connectivity index (χ4v) is 5.79. The molecule has 35 heavy (non-hydrogen) atoms. The summed E-state index contributed by atoms with van der Waals surface area (Å²) < 4.78 is 20.1. The van der Waals surface area contributed by atoms with Crippen LogP contribution in [-0.2, 0) is 9.53 Å². The number of benzene rings is 1. The molecule has 1 aromatic carbocycles. The van der Waals surface area contributed by atoms with Crippen LogP contribution in [0.15, 0.2) is 54.2 Å². The summed E-state index contributed by atoms with van der Waals surface area (Å²) >= 11 is 13.1. The van der Waals surface area contributed by atoms with Crippen molar-refractivity contribution >= 4 is 73.5 Å². The third-order valence-corrected chi connectivity index (χ3v) is 8.67. The average molecular weight is 692 g/mol. The fraction of sp³-hybridized carbons (Fsp3) is 0.292. The summed E-state index contributed by atoms with van der Waals surface area (Å²) in [5.41, 5.74) is 1.17. The summed E-state index contributed by atoms with van der Waals surface area (Å²) in [6.07, 6.45) is 2.98. The molecule has 0 aliphatic carbocycles.